The largest absolute Gasteiger partial charge is 0.508 e. The van der Waals surface area contributed by atoms with Crippen molar-refractivity contribution in [2.24, 2.45) is 7.05 Å². The van der Waals surface area contributed by atoms with Gasteiger partial charge in [-0.1, -0.05) is 0 Å². The van der Waals surface area contributed by atoms with Gasteiger partial charge in [0.2, 0.25) is 5.89 Å². The minimum Gasteiger partial charge on any atom is -0.508 e. The van der Waals surface area contributed by atoms with Gasteiger partial charge in [-0.05, 0) is 24.3 Å². The van der Waals surface area contributed by atoms with Crippen LogP contribution >= 0.6 is 0 Å². The first-order valence-electron chi connectivity index (χ1n) is 4.95. The number of nitrogens with zero attached hydrogens (tertiary/aromatic N) is 2. The van der Waals surface area contributed by atoms with E-state index in [0.29, 0.717) is 5.89 Å². The van der Waals surface area contributed by atoms with E-state index in [-0.39, 0.29) is 5.75 Å². The number of hydrogen-bond acceptors (Lipinski definition) is 3. The van der Waals surface area contributed by atoms with Crippen LogP contribution < -0.4 is 0 Å². The van der Waals surface area contributed by atoms with Gasteiger partial charge < -0.3 is 14.1 Å². The smallest absolute Gasteiger partial charge is 0.228 e. The number of hydrogen-bond donors (Lipinski definition) is 1. The second-order valence-electron chi connectivity index (χ2n) is 3.68. The molecule has 3 aromatic rings. The Hall–Kier alpha value is -2.23. The molecule has 0 amide bonds. The van der Waals surface area contributed by atoms with E-state index in [9.17, 15) is 5.11 Å². The Morgan fingerprint density at radius 2 is 1.94 bits per heavy atom. The molecule has 3 rings (SSSR count). The third-order valence-electron chi connectivity index (χ3n) is 2.53. The fourth-order valence-corrected chi connectivity index (χ4v) is 1.66. The van der Waals surface area contributed by atoms with Gasteiger partial charge in [-0.3, -0.25) is 0 Å². The maximum atomic E-state index is 9.19. The third kappa shape index (κ3) is 1.27. The van der Waals surface area contributed by atoms with Crippen molar-refractivity contribution in [3.63, 3.8) is 0 Å². The van der Waals surface area contributed by atoms with Gasteiger partial charge in [0.25, 0.3) is 0 Å². The lowest BCUT2D eigenvalue weighted by molar-refractivity contribution is 0.475. The summed E-state index contributed by atoms with van der Waals surface area (Å²) in [4.78, 5) is 4.39. The molecule has 0 spiro atoms. The van der Waals surface area contributed by atoms with Crippen LogP contribution in [0.25, 0.3) is 22.7 Å². The number of aromatic nitrogens is 2. The summed E-state index contributed by atoms with van der Waals surface area (Å²) < 4.78 is 7.51. The van der Waals surface area contributed by atoms with E-state index in [1.807, 2.05) is 23.9 Å². The van der Waals surface area contributed by atoms with Crippen LogP contribution in [0.1, 0.15) is 0 Å². The Labute approximate surface area is 91.8 Å². The summed E-state index contributed by atoms with van der Waals surface area (Å²) in [7, 11) is 1.92. The molecular formula is C12H10N2O2. The second-order valence-corrected chi connectivity index (χ2v) is 3.68. The van der Waals surface area contributed by atoms with Crippen LogP contribution in [0.5, 0.6) is 5.75 Å². The molecule has 1 aromatic carbocycles. The average molecular weight is 214 g/mol. The number of benzene rings is 1. The maximum Gasteiger partial charge on any atom is 0.228 e. The summed E-state index contributed by atoms with van der Waals surface area (Å²) in [5, 5.41) is 9.19. The van der Waals surface area contributed by atoms with E-state index in [1.165, 1.54) is 0 Å². The minimum atomic E-state index is 0.236. The van der Waals surface area contributed by atoms with Crippen LogP contribution in [-0.2, 0) is 7.05 Å². The molecule has 0 aliphatic rings. The normalized spacial score (nSPS) is 11.1. The molecule has 2 heterocycles. The van der Waals surface area contributed by atoms with E-state index in [1.54, 1.807) is 24.3 Å². The molecule has 0 atom stereocenters. The van der Waals surface area contributed by atoms with E-state index < -0.39 is 0 Å². The lowest BCUT2D eigenvalue weighted by Gasteiger charge is -1.95. The van der Waals surface area contributed by atoms with E-state index in [4.69, 9.17) is 4.42 Å². The van der Waals surface area contributed by atoms with Crippen LogP contribution in [0.15, 0.2) is 40.9 Å². The first kappa shape index (κ1) is 9.03. The highest BCUT2D eigenvalue weighted by atomic mass is 16.3. The zero-order valence-corrected chi connectivity index (χ0v) is 8.71. The van der Waals surface area contributed by atoms with Gasteiger partial charge in [0.05, 0.1) is 0 Å². The number of fused-ring (bicyclic) bond motifs is 1. The highest BCUT2D eigenvalue weighted by Gasteiger charge is 2.10. The number of rotatable bonds is 1. The molecule has 80 valence electrons. The van der Waals surface area contributed by atoms with Crippen molar-refractivity contribution in [3.05, 3.63) is 36.5 Å². The molecule has 0 saturated carbocycles. The Kier molecular flexibility index (Phi) is 1.77. The molecule has 0 unspecified atom stereocenters. The summed E-state index contributed by atoms with van der Waals surface area (Å²) in [6, 6.07) is 8.67. The molecule has 0 radical (unpaired) electrons. The van der Waals surface area contributed by atoms with Gasteiger partial charge in [-0.25, -0.2) is 0 Å². The quantitative estimate of drug-likeness (QED) is 0.677. The van der Waals surface area contributed by atoms with Crippen LogP contribution in [0.2, 0.25) is 0 Å². The average Bonchev–Trinajstić information content (AvgIpc) is 2.83. The molecule has 1 N–H and O–H groups in total. The highest BCUT2D eigenvalue weighted by molar-refractivity contribution is 5.73. The number of aryl methyl sites for hydroxylation is 1. The zero-order chi connectivity index (χ0) is 11.1. The van der Waals surface area contributed by atoms with Crippen molar-refractivity contribution in [2.75, 3.05) is 0 Å². The summed E-state index contributed by atoms with van der Waals surface area (Å²) in [6.45, 7) is 0. The van der Waals surface area contributed by atoms with Crippen molar-refractivity contribution < 1.29 is 9.52 Å². The van der Waals surface area contributed by atoms with Crippen LogP contribution in [0, 0.1) is 0 Å². The van der Waals surface area contributed by atoms with Gasteiger partial charge in [0.1, 0.15) is 5.75 Å². The molecule has 0 fully saturated rings. The maximum absolute atomic E-state index is 9.19. The molecule has 0 bridgehead atoms. The van der Waals surface area contributed by atoms with E-state index >= 15 is 0 Å². The number of phenolic OH excluding ortho intramolecular Hbond substituents is 1. The topological polar surface area (TPSA) is 51.2 Å². The van der Waals surface area contributed by atoms with Crippen molar-refractivity contribution in [1.82, 2.24) is 9.55 Å². The van der Waals surface area contributed by atoms with E-state index in [0.717, 1.165) is 16.8 Å². The van der Waals surface area contributed by atoms with Crippen molar-refractivity contribution >= 4 is 11.2 Å². The Morgan fingerprint density at radius 3 is 2.62 bits per heavy atom. The Balaban J connectivity index is 2.15. The van der Waals surface area contributed by atoms with Crippen LogP contribution in [-0.4, -0.2) is 14.7 Å². The first-order valence-corrected chi connectivity index (χ1v) is 4.95. The predicted molar refractivity (Wildman–Crippen MR) is 60.1 cm³/mol. The summed E-state index contributed by atoms with van der Waals surface area (Å²) in [6.07, 6.45) is 1.90. The number of oxazole rings is 1. The molecule has 16 heavy (non-hydrogen) atoms. The van der Waals surface area contributed by atoms with Crippen molar-refractivity contribution in [3.8, 4) is 17.2 Å². The number of phenols is 1. The fourth-order valence-electron chi connectivity index (χ4n) is 1.66. The molecule has 2 aromatic heterocycles. The van der Waals surface area contributed by atoms with Crippen molar-refractivity contribution in [2.45, 2.75) is 0 Å². The summed E-state index contributed by atoms with van der Waals surface area (Å²) in [5.41, 5.74) is 2.45. The second kappa shape index (κ2) is 3.13. The molecule has 0 aliphatic heterocycles. The lowest BCUT2D eigenvalue weighted by atomic mass is 10.2. The Morgan fingerprint density at radius 1 is 1.19 bits per heavy atom. The number of aromatic hydroxyl groups is 1. The Bertz CT molecular complexity index is 635. The van der Waals surface area contributed by atoms with Gasteiger partial charge in [-0.2, -0.15) is 4.98 Å². The standard InChI is InChI=1S/C12H10N2O2/c1-14-7-6-10-11(14)13-12(16-10)8-2-4-9(15)5-3-8/h2-7,15H,1H3. The highest BCUT2D eigenvalue weighted by Crippen LogP contribution is 2.25. The fraction of sp³-hybridized carbons (Fsp3) is 0.0833. The summed E-state index contributed by atoms with van der Waals surface area (Å²) >= 11 is 0. The van der Waals surface area contributed by atoms with Crippen LogP contribution in [0.4, 0.5) is 0 Å². The lowest BCUT2D eigenvalue weighted by Crippen LogP contribution is -1.84. The van der Waals surface area contributed by atoms with Gasteiger partial charge in [0.15, 0.2) is 11.2 Å². The SMILES string of the molecule is Cn1ccc2oc(-c3ccc(O)cc3)nc21. The molecule has 0 aliphatic carbocycles. The summed E-state index contributed by atoms with van der Waals surface area (Å²) in [5.74, 6) is 0.807. The van der Waals surface area contributed by atoms with Crippen molar-refractivity contribution in [1.29, 1.82) is 0 Å². The van der Waals surface area contributed by atoms with Gasteiger partial charge in [-0.15, -0.1) is 0 Å². The first-order chi connectivity index (χ1) is 7.74. The van der Waals surface area contributed by atoms with E-state index in [2.05, 4.69) is 4.98 Å². The molecule has 4 heteroatoms. The van der Waals surface area contributed by atoms with Crippen LogP contribution in [0.3, 0.4) is 0 Å². The zero-order valence-electron chi connectivity index (χ0n) is 8.71. The molecule has 0 saturated heterocycles. The van der Waals surface area contributed by atoms with Gasteiger partial charge in [0, 0.05) is 24.9 Å². The van der Waals surface area contributed by atoms with Gasteiger partial charge >= 0.3 is 0 Å². The molecular weight excluding hydrogens is 204 g/mol. The monoisotopic (exact) mass is 214 g/mol. The minimum absolute atomic E-state index is 0.236. The third-order valence-corrected chi connectivity index (χ3v) is 2.53. The molecule has 4 nitrogen and oxygen atoms in total. The predicted octanol–water partition coefficient (Wildman–Crippen LogP) is 2.54.